The normalized spacial score (nSPS) is 37.4. The fourth-order valence-electron chi connectivity index (χ4n) is 3.26. The van der Waals surface area contributed by atoms with E-state index in [4.69, 9.17) is 0 Å². The number of rotatable bonds is 2. The van der Waals surface area contributed by atoms with Gasteiger partial charge in [-0.05, 0) is 43.9 Å². The molecule has 14 heavy (non-hydrogen) atoms. The lowest BCUT2D eigenvalue weighted by Gasteiger charge is -2.44. The Morgan fingerprint density at radius 3 is 2.50 bits per heavy atom. The van der Waals surface area contributed by atoms with Gasteiger partial charge in [-0.2, -0.15) is 0 Å². The molecule has 3 fully saturated rings. The van der Waals surface area contributed by atoms with Gasteiger partial charge in [0.25, 0.3) is 0 Å². The first-order valence-corrected chi connectivity index (χ1v) is 5.89. The highest BCUT2D eigenvalue weighted by Gasteiger charge is 2.38. The largest absolute Gasteiger partial charge is 0.392 e. The standard InChI is InChI=1S/C13H20O/c1-2-3-4-13(14)12-9-10-5-7-11(12)8-6-10/h10-14H,4-9H2,1H3. The molecule has 0 amide bonds. The minimum Gasteiger partial charge on any atom is -0.392 e. The van der Waals surface area contributed by atoms with Crippen LogP contribution >= 0.6 is 0 Å². The SMILES string of the molecule is CC#CCC(O)C1CC2CCC1CC2. The number of hydrogen-bond acceptors (Lipinski definition) is 1. The summed E-state index contributed by atoms with van der Waals surface area (Å²) >= 11 is 0. The van der Waals surface area contributed by atoms with Gasteiger partial charge in [0.1, 0.15) is 0 Å². The zero-order valence-electron chi connectivity index (χ0n) is 9.00. The third kappa shape index (κ3) is 1.96. The average Bonchev–Trinajstić information content (AvgIpc) is 2.27. The van der Waals surface area contributed by atoms with E-state index in [1.807, 2.05) is 6.92 Å². The monoisotopic (exact) mass is 192 g/mol. The van der Waals surface area contributed by atoms with E-state index in [2.05, 4.69) is 11.8 Å². The second-order valence-corrected chi connectivity index (χ2v) is 4.88. The van der Waals surface area contributed by atoms with Crippen LogP contribution in [0.3, 0.4) is 0 Å². The quantitative estimate of drug-likeness (QED) is 0.667. The van der Waals surface area contributed by atoms with Gasteiger partial charge in [-0.1, -0.05) is 12.8 Å². The molecule has 0 aliphatic heterocycles. The minimum atomic E-state index is -0.157. The van der Waals surface area contributed by atoms with E-state index in [9.17, 15) is 5.11 Å². The van der Waals surface area contributed by atoms with Crippen LogP contribution in [0.5, 0.6) is 0 Å². The summed E-state index contributed by atoms with van der Waals surface area (Å²) in [5.74, 6) is 8.15. The Hall–Kier alpha value is -0.480. The van der Waals surface area contributed by atoms with Gasteiger partial charge in [0.15, 0.2) is 0 Å². The summed E-state index contributed by atoms with van der Waals surface area (Å²) in [6.07, 6.45) is 7.32. The lowest BCUT2D eigenvalue weighted by molar-refractivity contribution is -0.000732. The number of aliphatic hydroxyl groups excluding tert-OH is 1. The molecule has 0 radical (unpaired) electrons. The van der Waals surface area contributed by atoms with Crippen LogP contribution in [-0.4, -0.2) is 11.2 Å². The summed E-state index contributed by atoms with van der Waals surface area (Å²) in [4.78, 5) is 0. The van der Waals surface area contributed by atoms with Crippen LogP contribution in [0.1, 0.15) is 45.4 Å². The summed E-state index contributed by atoms with van der Waals surface area (Å²) in [6.45, 7) is 1.85. The topological polar surface area (TPSA) is 20.2 Å². The van der Waals surface area contributed by atoms with Crippen LogP contribution in [0.15, 0.2) is 0 Å². The summed E-state index contributed by atoms with van der Waals surface area (Å²) in [5.41, 5.74) is 0. The van der Waals surface area contributed by atoms with E-state index in [-0.39, 0.29) is 6.10 Å². The van der Waals surface area contributed by atoms with Gasteiger partial charge >= 0.3 is 0 Å². The molecule has 2 atom stereocenters. The van der Waals surface area contributed by atoms with E-state index in [1.165, 1.54) is 32.1 Å². The number of fused-ring (bicyclic) bond motifs is 3. The molecular formula is C13H20O. The maximum Gasteiger partial charge on any atom is 0.0680 e. The fourth-order valence-corrected chi connectivity index (χ4v) is 3.26. The van der Waals surface area contributed by atoms with E-state index >= 15 is 0 Å². The molecule has 2 unspecified atom stereocenters. The van der Waals surface area contributed by atoms with Crippen molar-refractivity contribution in [3.63, 3.8) is 0 Å². The molecule has 3 aliphatic rings. The van der Waals surface area contributed by atoms with Crippen LogP contribution in [-0.2, 0) is 0 Å². The summed E-state index contributed by atoms with van der Waals surface area (Å²) in [5, 5.41) is 10.0. The molecule has 1 N–H and O–H groups in total. The number of aliphatic hydroxyl groups is 1. The third-order valence-corrected chi connectivity index (χ3v) is 4.08. The highest BCUT2D eigenvalue weighted by Crippen LogP contribution is 2.46. The van der Waals surface area contributed by atoms with E-state index < -0.39 is 0 Å². The predicted molar refractivity (Wildman–Crippen MR) is 57.6 cm³/mol. The Labute approximate surface area is 86.9 Å². The van der Waals surface area contributed by atoms with Crippen molar-refractivity contribution in [1.82, 2.24) is 0 Å². The van der Waals surface area contributed by atoms with Crippen molar-refractivity contribution < 1.29 is 5.11 Å². The van der Waals surface area contributed by atoms with E-state index in [0.29, 0.717) is 12.3 Å². The molecule has 0 aromatic carbocycles. The summed E-state index contributed by atoms with van der Waals surface area (Å²) in [6, 6.07) is 0. The first-order valence-electron chi connectivity index (χ1n) is 5.89. The van der Waals surface area contributed by atoms with Crippen LogP contribution in [0.4, 0.5) is 0 Å². The predicted octanol–water partition coefficient (Wildman–Crippen LogP) is 2.59. The average molecular weight is 192 g/mol. The van der Waals surface area contributed by atoms with Crippen LogP contribution < -0.4 is 0 Å². The van der Waals surface area contributed by atoms with Crippen molar-refractivity contribution in [1.29, 1.82) is 0 Å². The smallest absolute Gasteiger partial charge is 0.0680 e. The van der Waals surface area contributed by atoms with E-state index in [1.54, 1.807) is 0 Å². The molecule has 1 nitrogen and oxygen atoms in total. The molecular weight excluding hydrogens is 172 g/mol. The molecule has 3 rings (SSSR count). The van der Waals surface area contributed by atoms with Crippen LogP contribution in [0.25, 0.3) is 0 Å². The Morgan fingerprint density at radius 2 is 2.00 bits per heavy atom. The molecule has 0 spiro atoms. The van der Waals surface area contributed by atoms with Gasteiger partial charge in [0, 0.05) is 6.42 Å². The summed E-state index contributed by atoms with van der Waals surface area (Å²) < 4.78 is 0. The van der Waals surface area contributed by atoms with Crippen molar-refractivity contribution in [3.8, 4) is 11.8 Å². The van der Waals surface area contributed by atoms with Crippen LogP contribution in [0, 0.1) is 29.6 Å². The second-order valence-electron chi connectivity index (χ2n) is 4.88. The number of hydrogen-bond donors (Lipinski definition) is 1. The molecule has 0 saturated heterocycles. The molecule has 2 bridgehead atoms. The van der Waals surface area contributed by atoms with Crippen molar-refractivity contribution in [2.75, 3.05) is 0 Å². The Morgan fingerprint density at radius 1 is 1.29 bits per heavy atom. The minimum absolute atomic E-state index is 0.157. The maximum absolute atomic E-state index is 10.0. The van der Waals surface area contributed by atoms with Crippen molar-refractivity contribution >= 4 is 0 Å². The highest BCUT2D eigenvalue weighted by molar-refractivity contribution is 4.99. The molecule has 3 saturated carbocycles. The Bertz CT molecular complexity index is 240. The van der Waals surface area contributed by atoms with Gasteiger partial charge in [-0.25, -0.2) is 0 Å². The van der Waals surface area contributed by atoms with Crippen LogP contribution in [0.2, 0.25) is 0 Å². The second kappa shape index (κ2) is 4.36. The zero-order valence-corrected chi connectivity index (χ0v) is 9.00. The molecule has 1 heteroatoms. The first kappa shape index (κ1) is 10.1. The summed E-state index contributed by atoms with van der Waals surface area (Å²) in [7, 11) is 0. The Kier molecular flexibility index (Phi) is 3.13. The van der Waals surface area contributed by atoms with Gasteiger partial charge in [0.05, 0.1) is 6.10 Å². The van der Waals surface area contributed by atoms with E-state index in [0.717, 1.165) is 11.8 Å². The Balaban J connectivity index is 1.93. The molecule has 78 valence electrons. The first-order chi connectivity index (χ1) is 6.81. The van der Waals surface area contributed by atoms with Gasteiger partial charge < -0.3 is 5.11 Å². The molecule has 0 heterocycles. The van der Waals surface area contributed by atoms with Crippen molar-refractivity contribution in [2.45, 2.75) is 51.6 Å². The molecule has 3 aliphatic carbocycles. The third-order valence-electron chi connectivity index (χ3n) is 4.08. The lowest BCUT2D eigenvalue weighted by Crippen LogP contribution is -2.38. The van der Waals surface area contributed by atoms with Gasteiger partial charge in [0.2, 0.25) is 0 Å². The zero-order chi connectivity index (χ0) is 9.97. The van der Waals surface area contributed by atoms with Gasteiger partial charge in [-0.3, -0.25) is 0 Å². The maximum atomic E-state index is 10.0. The highest BCUT2D eigenvalue weighted by atomic mass is 16.3. The lowest BCUT2D eigenvalue weighted by atomic mass is 9.63. The van der Waals surface area contributed by atoms with Crippen molar-refractivity contribution in [2.24, 2.45) is 17.8 Å². The van der Waals surface area contributed by atoms with Crippen molar-refractivity contribution in [3.05, 3.63) is 0 Å². The molecule has 0 aromatic heterocycles. The fraction of sp³-hybridized carbons (Fsp3) is 0.846. The molecule has 0 aromatic rings. The van der Waals surface area contributed by atoms with Gasteiger partial charge in [-0.15, -0.1) is 11.8 Å².